The molecule has 0 radical (unpaired) electrons. The molecule has 1 amide bonds. The van der Waals surface area contributed by atoms with Gasteiger partial charge in [0.25, 0.3) is 0 Å². The van der Waals surface area contributed by atoms with Crippen molar-refractivity contribution >= 4 is 22.0 Å². The lowest BCUT2D eigenvalue weighted by Gasteiger charge is -2.34. The van der Waals surface area contributed by atoms with Gasteiger partial charge in [0.05, 0.1) is 27.4 Å². The number of morpholine rings is 1. The molecule has 134 valence electrons. The summed E-state index contributed by atoms with van der Waals surface area (Å²) in [5, 5.41) is 0. The predicted molar refractivity (Wildman–Crippen MR) is 93.7 cm³/mol. The summed E-state index contributed by atoms with van der Waals surface area (Å²) in [5.41, 5.74) is 0.370. The van der Waals surface area contributed by atoms with Crippen molar-refractivity contribution in [2.45, 2.75) is 32.5 Å². The Bertz CT molecular complexity index is 574. The third-order valence-electron chi connectivity index (χ3n) is 3.56. The Kier molecular flexibility index (Phi) is 5.98. The van der Waals surface area contributed by atoms with Crippen LogP contribution in [0.3, 0.4) is 0 Å². The highest BCUT2D eigenvalue weighted by Gasteiger charge is 2.29. The maximum absolute atomic E-state index is 12.3. The van der Waals surface area contributed by atoms with E-state index in [9.17, 15) is 4.79 Å². The SMILES string of the molecule is COc1cc(C2CN(C(=O)OC(C)(C)C)CCO2)cc(OC)c1Br. The molecule has 7 heteroatoms. The minimum absolute atomic E-state index is 0.262. The van der Waals surface area contributed by atoms with E-state index in [2.05, 4.69) is 15.9 Å². The fourth-order valence-electron chi connectivity index (χ4n) is 2.42. The molecule has 1 aliphatic rings. The van der Waals surface area contributed by atoms with Gasteiger partial charge >= 0.3 is 6.09 Å². The first-order valence-electron chi connectivity index (χ1n) is 7.76. The number of carbonyl (C=O) groups is 1. The second-order valence-corrected chi connectivity index (χ2v) is 7.32. The molecule has 0 N–H and O–H groups in total. The lowest BCUT2D eigenvalue weighted by atomic mass is 10.1. The number of amides is 1. The van der Waals surface area contributed by atoms with Crippen molar-refractivity contribution in [1.29, 1.82) is 0 Å². The number of rotatable bonds is 3. The van der Waals surface area contributed by atoms with Gasteiger partial charge in [0, 0.05) is 6.54 Å². The van der Waals surface area contributed by atoms with Gasteiger partial charge in [-0.15, -0.1) is 0 Å². The molecule has 0 spiro atoms. The summed E-state index contributed by atoms with van der Waals surface area (Å²) in [4.78, 5) is 13.9. The van der Waals surface area contributed by atoms with Crippen LogP contribution in [0, 0.1) is 0 Å². The van der Waals surface area contributed by atoms with Crippen molar-refractivity contribution in [3.63, 3.8) is 0 Å². The topological polar surface area (TPSA) is 57.2 Å². The number of ether oxygens (including phenoxy) is 4. The van der Waals surface area contributed by atoms with Crippen LogP contribution in [0.4, 0.5) is 4.79 Å². The minimum Gasteiger partial charge on any atom is -0.495 e. The number of carbonyl (C=O) groups excluding carboxylic acids is 1. The van der Waals surface area contributed by atoms with Crippen LogP contribution in [-0.2, 0) is 9.47 Å². The fraction of sp³-hybridized carbons (Fsp3) is 0.588. The summed E-state index contributed by atoms with van der Waals surface area (Å²) in [6.45, 7) is 6.94. The Morgan fingerprint density at radius 2 is 1.83 bits per heavy atom. The van der Waals surface area contributed by atoms with Gasteiger partial charge < -0.3 is 23.8 Å². The molecular formula is C17H24BrNO5. The first kappa shape index (κ1) is 18.9. The van der Waals surface area contributed by atoms with Gasteiger partial charge in [-0.05, 0) is 54.4 Å². The zero-order valence-corrected chi connectivity index (χ0v) is 16.3. The van der Waals surface area contributed by atoms with E-state index in [1.165, 1.54) is 0 Å². The van der Waals surface area contributed by atoms with Gasteiger partial charge in [-0.2, -0.15) is 0 Å². The first-order chi connectivity index (χ1) is 11.2. The molecule has 1 aliphatic heterocycles. The van der Waals surface area contributed by atoms with Gasteiger partial charge in [0.15, 0.2) is 0 Å². The molecule has 1 heterocycles. The van der Waals surface area contributed by atoms with E-state index >= 15 is 0 Å². The summed E-state index contributed by atoms with van der Waals surface area (Å²) in [6, 6.07) is 3.77. The highest BCUT2D eigenvalue weighted by atomic mass is 79.9. The molecule has 1 aromatic carbocycles. The molecule has 1 aromatic rings. The van der Waals surface area contributed by atoms with Crippen LogP contribution in [0.1, 0.15) is 32.4 Å². The average Bonchev–Trinajstić information content (AvgIpc) is 2.53. The zero-order chi connectivity index (χ0) is 17.9. The molecule has 1 unspecified atom stereocenters. The Balaban J connectivity index is 2.19. The lowest BCUT2D eigenvalue weighted by molar-refractivity contribution is -0.0433. The third-order valence-corrected chi connectivity index (χ3v) is 4.34. The van der Waals surface area contributed by atoms with Gasteiger partial charge in [0.2, 0.25) is 0 Å². The van der Waals surface area contributed by atoms with Crippen LogP contribution in [0.2, 0.25) is 0 Å². The summed E-state index contributed by atoms with van der Waals surface area (Å²) in [5.74, 6) is 1.31. The number of halogens is 1. The molecule has 1 atom stereocenters. The second-order valence-electron chi connectivity index (χ2n) is 6.53. The van der Waals surface area contributed by atoms with Crippen LogP contribution >= 0.6 is 15.9 Å². The van der Waals surface area contributed by atoms with Crippen molar-refractivity contribution in [2.24, 2.45) is 0 Å². The quantitative estimate of drug-likeness (QED) is 0.771. The molecule has 1 saturated heterocycles. The van der Waals surface area contributed by atoms with Crippen molar-refractivity contribution < 1.29 is 23.7 Å². The molecule has 0 bridgehead atoms. The summed E-state index contributed by atoms with van der Waals surface area (Å²) in [7, 11) is 3.19. The normalized spacial score (nSPS) is 18.2. The highest BCUT2D eigenvalue weighted by Crippen LogP contribution is 2.38. The maximum atomic E-state index is 12.3. The number of nitrogens with zero attached hydrogens (tertiary/aromatic N) is 1. The van der Waals surface area contributed by atoms with E-state index in [0.717, 1.165) is 10.0 Å². The number of hydrogen-bond donors (Lipinski definition) is 0. The molecule has 0 saturated carbocycles. The molecule has 2 rings (SSSR count). The van der Waals surface area contributed by atoms with Gasteiger partial charge in [0.1, 0.15) is 27.7 Å². The van der Waals surface area contributed by atoms with E-state index in [0.29, 0.717) is 31.2 Å². The van der Waals surface area contributed by atoms with E-state index in [1.54, 1.807) is 19.1 Å². The van der Waals surface area contributed by atoms with Crippen LogP contribution in [0.5, 0.6) is 11.5 Å². The Morgan fingerprint density at radius 3 is 2.33 bits per heavy atom. The standard InChI is InChI=1S/C17H24BrNO5/c1-17(2,3)24-16(20)19-6-7-23-14(10-19)11-8-12(21-4)15(18)13(9-11)22-5/h8-9,14H,6-7,10H2,1-5H3. The summed E-state index contributed by atoms with van der Waals surface area (Å²) >= 11 is 3.45. The van der Waals surface area contributed by atoms with Gasteiger partial charge in [-0.1, -0.05) is 0 Å². The second kappa shape index (κ2) is 7.61. The Labute approximate surface area is 151 Å². The number of benzene rings is 1. The van der Waals surface area contributed by atoms with Crippen molar-refractivity contribution in [3.8, 4) is 11.5 Å². The fourth-order valence-corrected chi connectivity index (χ4v) is 2.97. The van der Waals surface area contributed by atoms with E-state index in [1.807, 2.05) is 32.9 Å². The van der Waals surface area contributed by atoms with Crippen molar-refractivity contribution in [3.05, 3.63) is 22.2 Å². The Morgan fingerprint density at radius 1 is 1.25 bits per heavy atom. The van der Waals surface area contributed by atoms with E-state index in [4.69, 9.17) is 18.9 Å². The first-order valence-corrected chi connectivity index (χ1v) is 8.55. The monoisotopic (exact) mass is 401 g/mol. The average molecular weight is 402 g/mol. The Hall–Kier alpha value is -1.47. The van der Waals surface area contributed by atoms with Crippen molar-refractivity contribution in [2.75, 3.05) is 33.9 Å². The maximum Gasteiger partial charge on any atom is 0.410 e. The number of hydrogen-bond acceptors (Lipinski definition) is 5. The molecule has 0 aromatic heterocycles. The highest BCUT2D eigenvalue weighted by molar-refractivity contribution is 9.10. The van der Waals surface area contributed by atoms with Crippen LogP contribution in [0.15, 0.2) is 16.6 Å². The summed E-state index contributed by atoms with van der Waals surface area (Å²) in [6.07, 6.45) is -0.589. The van der Waals surface area contributed by atoms with Crippen molar-refractivity contribution in [1.82, 2.24) is 4.90 Å². The van der Waals surface area contributed by atoms with E-state index < -0.39 is 5.60 Å². The molecule has 24 heavy (non-hydrogen) atoms. The smallest absolute Gasteiger partial charge is 0.410 e. The number of methoxy groups -OCH3 is 2. The van der Waals surface area contributed by atoms with Gasteiger partial charge in [-0.25, -0.2) is 4.79 Å². The lowest BCUT2D eigenvalue weighted by Crippen LogP contribution is -2.44. The van der Waals surface area contributed by atoms with Crippen LogP contribution in [0.25, 0.3) is 0 Å². The van der Waals surface area contributed by atoms with Crippen LogP contribution in [-0.4, -0.2) is 50.5 Å². The minimum atomic E-state index is -0.519. The largest absolute Gasteiger partial charge is 0.495 e. The molecule has 6 nitrogen and oxygen atoms in total. The molecule has 0 aliphatic carbocycles. The molecular weight excluding hydrogens is 378 g/mol. The van der Waals surface area contributed by atoms with E-state index in [-0.39, 0.29) is 12.2 Å². The molecule has 1 fully saturated rings. The zero-order valence-electron chi connectivity index (χ0n) is 14.7. The summed E-state index contributed by atoms with van der Waals surface area (Å²) < 4.78 is 22.8. The predicted octanol–water partition coefficient (Wildman–Crippen LogP) is 3.77. The van der Waals surface area contributed by atoms with Gasteiger partial charge in [-0.3, -0.25) is 0 Å². The third kappa shape index (κ3) is 4.54. The van der Waals surface area contributed by atoms with Crippen LogP contribution < -0.4 is 9.47 Å².